The largest absolute Gasteiger partial charge is 0.494 e. The van der Waals surface area contributed by atoms with Crippen LogP contribution in [0.4, 0.5) is 0 Å². The third kappa shape index (κ3) is 4.81. The molecule has 2 aromatic heterocycles. The Labute approximate surface area is 189 Å². The molecule has 0 aliphatic rings. The van der Waals surface area contributed by atoms with Gasteiger partial charge in [0.25, 0.3) is 11.5 Å². The van der Waals surface area contributed by atoms with Crippen LogP contribution in [0.15, 0.2) is 65.8 Å². The van der Waals surface area contributed by atoms with E-state index in [2.05, 4.69) is 15.4 Å². The number of nitrogens with one attached hydrogen (secondary N) is 1. The van der Waals surface area contributed by atoms with Crippen LogP contribution in [0.3, 0.4) is 0 Å². The fourth-order valence-electron chi connectivity index (χ4n) is 3.31. The highest BCUT2D eigenvalue weighted by Crippen LogP contribution is 2.13. The van der Waals surface area contributed by atoms with Crippen LogP contribution in [0.1, 0.15) is 22.8 Å². The number of rotatable bonds is 8. The Morgan fingerprint density at radius 2 is 1.88 bits per heavy atom. The number of fused-ring (bicyclic) bond motifs is 1. The molecule has 0 saturated heterocycles. The molecule has 9 heteroatoms. The van der Waals surface area contributed by atoms with Crippen molar-refractivity contribution in [1.82, 2.24) is 24.6 Å². The molecule has 0 fully saturated rings. The van der Waals surface area contributed by atoms with Crippen molar-refractivity contribution in [2.45, 2.75) is 20.0 Å². The lowest BCUT2D eigenvalue weighted by molar-refractivity contribution is 0.0952. The number of nitrogens with zero attached hydrogens (tertiary/aromatic N) is 4. The van der Waals surface area contributed by atoms with E-state index in [0.717, 1.165) is 11.3 Å². The molecule has 4 aromatic rings. The minimum absolute atomic E-state index is 0.172. The Morgan fingerprint density at radius 3 is 2.59 bits per heavy atom. The van der Waals surface area contributed by atoms with E-state index in [1.54, 1.807) is 41.1 Å². The predicted molar refractivity (Wildman–Crippen MR) is 122 cm³/mol. The minimum atomic E-state index is -0.192. The maximum Gasteiger partial charge on any atom is 0.264 e. The van der Waals surface area contributed by atoms with Gasteiger partial charge in [0.2, 0.25) is 0 Å². The summed E-state index contributed by atoms with van der Waals surface area (Å²) in [6.07, 6.45) is 3.02. The molecule has 4 rings (SSSR count). The van der Waals surface area contributed by atoms with Crippen molar-refractivity contribution < 1.29 is 9.53 Å². The van der Waals surface area contributed by atoms with Gasteiger partial charge in [0, 0.05) is 17.1 Å². The van der Waals surface area contributed by atoms with Crippen molar-refractivity contribution >= 4 is 28.5 Å². The minimum Gasteiger partial charge on any atom is -0.494 e. The molecule has 0 radical (unpaired) electrons. The zero-order valence-corrected chi connectivity index (χ0v) is 18.2. The lowest BCUT2D eigenvalue weighted by Crippen LogP contribution is -2.27. The number of carbonyl (C=O) groups is 1. The van der Waals surface area contributed by atoms with Gasteiger partial charge in [-0.05, 0) is 48.9 Å². The molecule has 32 heavy (non-hydrogen) atoms. The van der Waals surface area contributed by atoms with Crippen LogP contribution in [0.2, 0.25) is 5.02 Å². The first-order valence-electron chi connectivity index (χ1n) is 10.2. The molecule has 0 spiro atoms. The van der Waals surface area contributed by atoms with Gasteiger partial charge in [-0.2, -0.15) is 5.10 Å². The maximum atomic E-state index is 12.8. The lowest BCUT2D eigenvalue weighted by atomic mass is 10.2. The van der Waals surface area contributed by atoms with Gasteiger partial charge in [-0.3, -0.25) is 14.2 Å². The van der Waals surface area contributed by atoms with Crippen LogP contribution in [0.25, 0.3) is 11.0 Å². The van der Waals surface area contributed by atoms with E-state index < -0.39 is 0 Å². The van der Waals surface area contributed by atoms with E-state index in [9.17, 15) is 9.59 Å². The fraction of sp³-hybridized carbons (Fsp3) is 0.217. The summed E-state index contributed by atoms with van der Waals surface area (Å²) in [5, 5.41) is 8.20. The van der Waals surface area contributed by atoms with Crippen LogP contribution >= 0.6 is 11.6 Å². The van der Waals surface area contributed by atoms with Gasteiger partial charge in [0.15, 0.2) is 5.65 Å². The fourth-order valence-corrected chi connectivity index (χ4v) is 3.43. The van der Waals surface area contributed by atoms with Crippen molar-refractivity contribution in [1.29, 1.82) is 0 Å². The van der Waals surface area contributed by atoms with Crippen molar-refractivity contribution in [2.24, 2.45) is 0 Å². The van der Waals surface area contributed by atoms with E-state index in [1.807, 2.05) is 19.1 Å². The number of hydrogen-bond donors (Lipinski definition) is 1. The summed E-state index contributed by atoms with van der Waals surface area (Å²) in [6.45, 7) is 3.60. The lowest BCUT2D eigenvalue weighted by Gasteiger charge is -2.08. The second-order valence-electron chi connectivity index (χ2n) is 7.12. The van der Waals surface area contributed by atoms with Crippen molar-refractivity contribution in [2.75, 3.05) is 13.2 Å². The summed E-state index contributed by atoms with van der Waals surface area (Å²) >= 11 is 5.92. The molecule has 0 unspecified atom stereocenters. The molecular weight excluding hydrogens is 430 g/mol. The zero-order chi connectivity index (χ0) is 22.5. The summed E-state index contributed by atoms with van der Waals surface area (Å²) in [7, 11) is 0. The second-order valence-corrected chi connectivity index (χ2v) is 7.56. The van der Waals surface area contributed by atoms with Crippen LogP contribution < -0.4 is 15.6 Å². The summed E-state index contributed by atoms with van der Waals surface area (Å²) in [5.74, 6) is 0.530. The molecule has 0 saturated carbocycles. The van der Waals surface area contributed by atoms with E-state index in [0.29, 0.717) is 47.9 Å². The summed E-state index contributed by atoms with van der Waals surface area (Å²) < 4.78 is 8.53. The van der Waals surface area contributed by atoms with Gasteiger partial charge in [-0.15, -0.1) is 0 Å². The topological polar surface area (TPSA) is 91.0 Å². The highest BCUT2D eigenvalue weighted by atomic mass is 35.5. The Balaban J connectivity index is 1.40. The van der Waals surface area contributed by atoms with Crippen LogP contribution in [-0.4, -0.2) is 38.4 Å². The van der Waals surface area contributed by atoms with Gasteiger partial charge >= 0.3 is 0 Å². The monoisotopic (exact) mass is 451 g/mol. The van der Waals surface area contributed by atoms with Gasteiger partial charge in [0.05, 0.1) is 25.9 Å². The quantitative estimate of drug-likeness (QED) is 0.444. The normalized spacial score (nSPS) is 10.9. The highest BCUT2D eigenvalue weighted by Gasteiger charge is 2.11. The predicted octanol–water partition coefficient (Wildman–Crippen LogP) is 3.12. The Bertz CT molecular complexity index is 1280. The van der Waals surface area contributed by atoms with E-state index >= 15 is 0 Å². The van der Waals surface area contributed by atoms with Crippen LogP contribution in [-0.2, 0) is 13.1 Å². The number of benzene rings is 2. The molecule has 0 aliphatic carbocycles. The molecule has 8 nitrogen and oxygen atoms in total. The standard InChI is InChI=1S/C23H22ClN5O3/c1-2-32-19-9-5-17(6-10-19)22(30)25-11-12-29-21-20(13-27-29)23(31)28(15-26-21)14-16-3-7-18(24)8-4-16/h3-10,13,15H,2,11-12,14H2,1H3,(H,25,30). The SMILES string of the molecule is CCOc1ccc(C(=O)NCCn2ncc3c(=O)n(Cc4ccc(Cl)cc4)cnc32)cc1. The number of hydrogen-bond acceptors (Lipinski definition) is 5. The van der Waals surface area contributed by atoms with Crippen LogP contribution in [0, 0.1) is 0 Å². The van der Waals surface area contributed by atoms with Gasteiger partial charge in [0.1, 0.15) is 17.5 Å². The van der Waals surface area contributed by atoms with Gasteiger partial charge < -0.3 is 10.1 Å². The van der Waals surface area contributed by atoms with E-state index in [4.69, 9.17) is 16.3 Å². The number of amides is 1. The average Bonchev–Trinajstić information content (AvgIpc) is 3.21. The third-order valence-corrected chi connectivity index (χ3v) is 5.18. The molecule has 1 amide bonds. The third-order valence-electron chi connectivity index (χ3n) is 4.93. The first kappa shape index (κ1) is 21.6. The molecule has 1 N–H and O–H groups in total. The summed E-state index contributed by atoms with van der Waals surface area (Å²) in [5.41, 5.74) is 1.80. The van der Waals surface area contributed by atoms with E-state index in [-0.39, 0.29) is 11.5 Å². The number of aromatic nitrogens is 4. The summed E-state index contributed by atoms with van der Waals surface area (Å²) in [6, 6.07) is 14.3. The maximum absolute atomic E-state index is 12.8. The smallest absolute Gasteiger partial charge is 0.264 e. The number of ether oxygens (including phenoxy) is 1. The molecule has 2 heterocycles. The van der Waals surface area contributed by atoms with Crippen LogP contribution in [0.5, 0.6) is 5.75 Å². The Morgan fingerprint density at radius 1 is 1.12 bits per heavy atom. The van der Waals surface area contributed by atoms with E-state index in [1.165, 1.54) is 17.1 Å². The molecule has 0 bridgehead atoms. The highest BCUT2D eigenvalue weighted by molar-refractivity contribution is 6.30. The van der Waals surface area contributed by atoms with Crippen molar-refractivity contribution in [3.63, 3.8) is 0 Å². The average molecular weight is 452 g/mol. The van der Waals surface area contributed by atoms with Crippen molar-refractivity contribution in [3.05, 3.63) is 87.6 Å². The van der Waals surface area contributed by atoms with Gasteiger partial charge in [-0.1, -0.05) is 23.7 Å². The first-order chi connectivity index (χ1) is 15.5. The molecule has 0 atom stereocenters. The zero-order valence-electron chi connectivity index (χ0n) is 17.5. The van der Waals surface area contributed by atoms with Gasteiger partial charge in [-0.25, -0.2) is 9.67 Å². The molecule has 164 valence electrons. The molecule has 0 aliphatic heterocycles. The Kier molecular flexibility index (Phi) is 6.51. The first-order valence-corrected chi connectivity index (χ1v) is 10.6. The summed E-state index contributed by atoms with van der Waals surface area (Å²) in [4.78, 5) is 29.6. The van der Waals surface area contributed by atoms with Crippen molar-refractivity contribution in [3.8, 4) is 5.75 Å². The molecular formula is C23H22ClN5O3. The number of carbonyl (C=O) groups excluding carboxylic acids is 1. The number of halogens is 1. The second kappa shape index (κ2) is 9.65. The molecule has 2 aromatic carbocycles. The Hall–Kier alpha value is -3.65.